The van der Waals surface area contributed by atoms with Gasteiger partial charge in [-0.3, -0.25) is 14.5 Å². The fourth-order valence-electron chi connectivity index (χ4n) is 5.83. The summed E-state index contributed by atoms with van der Waals surface area (Å²) in [5.41, 5.74) is 1.43. The average molecular weight is 558 g/mol. The van der Waals surface area contributed by atoms with Gasteiger partial charge in [-0.15, -0.1) is 0 Å². The maximum Gasteiger partial charge on any atom is 0.210 e. The number of rotatable bonds is 10. The zero-order valence-corrected chi connectivity index (χ0v) is 23.4. The summed E-state index contributed by atoms with van der Waals surface area (Å²) in [7, 11) is -1.89. The van der Waals surface area contributed by atoms with Crippen LogP contribution in [0.3, 0.4) is 0 Å². The van der Waals surface area contributed by atoms with E-state index in [0.29, 0.717) is 49.2 Å². The second-order valence-corrected chi connectivity index (χ2v) is 12.7. The van der Waals surface area contributed by atoms with E-state index < -0.39 is 27.9 Å². The predicted octanol–water partition coefficient (Wildman–Crippen LogP) is 3.18. The number of phenolic OH excluding ortho intramolecular Hbond substituents is 1. The zero-order valence-electron chi connectivity index (χ0n) is 22.5. The number of carbonyl (C=O) groups is 2. The largest absolute Gasteiger partial charge is 0.508 e. The molecule has 0 bridgehead atoms. The Morgan fingerprint density at radius 3 is 2.49 bits per heavy atom. The van der Waals surface area contributed by atoms with Gasteiger partial charge in [-0.2, -0.15) is 0 Å². The minimum Gasteiger partial charge on any atom is -0.508 e. The van der Waals surface area contributed by atoms with Crippen LogP contribution in [0.25, 0.3) is 0 Å². The molecule has 1 N–H and O–H groups in total. The number of piperidine rings is 1. The maximum absolute atomic E-state index is 14.9. The Labute approximate surface area is 229 Å². The molecule has 1 aliphatic heterocycles. The molecule has 0 unspecified atom stereocenters. The third-order valence-electron chi connectivity index (χ3n) is 8.09. The van der Waals surface area contributed by atoms with E-state index in [9.17, 15) is 27.5 Å². The minimum absolute atomic E-state index is 0.0372. The van der Waals surface area contributed by atoms with E-state index in [1.165, 1.54) is 29.6 Å². The second-order valence-electron chi connectivity index (χ2n) is 10.6. The maximum atomic E-state index is 14.9. The summed E-state index contributed by atoms with van der Waals surface area (Å²) in [6, 6.07) is 10.4. The summed E-state index contributed by atoms with van der Waals surface area (Å²) >= 11 is 0. The molecule has 3 atom stereocenters. The molecule has 0 saturated carbocycles. The van der Waals surface area contributed by atoms with Gasteiger partial charge in [0.05, 0.1) is 12.3 Å². The van der Waals surface area contributed by atoms with Crippen molar-refractivity contribution < 1.29 is 27.5 Å². The highest BCUT2D eigenvalue weighted by Gasteiger charge is 2.46. The number of aromatic hydroxyl groups is 1. The molecule has 1 aliphatic carbocycles. The van der Waals surface area contributed by atoms with Crippen LogP contribution in [0.4, 0.5) is 4.39 Å². The van der Waals surface area contributed by atoms with Crippen LogP contribution in [0, 0.1) is 18.7 Å². The van der Waals surface area contributed by atoms with Gasteiger partial charge in [0.15, 0.2) is 5.78 Å². The lowest BCUT2D eigenvalue weighted by Gasteiger charge is -2.49. The summed E-state index contributed by atoms with van der Waals surface area (Å²) < 4.78 is 40.2. The molecule has 8 nitrogen and oxygen atoms in total. The number of ketones is 1. The fourth-order valence-corrected chi connectivity index (χ4v) is 6.25. The third-order valence-corrected chi connectivity index (χ3v) is 9.41. The quantitative estimate of drug-likeness (QED) is 0.274. The lowest BCUT2D eigenvalue weighted by atomic mass is 9.72. The number of phenols is 1. The summed E-state index contributed by atoms with van der Waals surface area (Å²) in [5, 5.41) is 10.1. The standard InChI is InChI=1S/C29H36FN3O5S/c1-20-24(12-7-13-26(20)30)28-25(29(36)21-8-6-11-23(35)16-21)17-32(15-14-31(2)39(3,37)38)18-27(28)33(19-34)22-9-4-5-10-22/h4-8,11-13,16,19,22,25,27-28,35H,9-10,14-15,17-18H2,1-3H3/t25-,27+,28+/m0/s1. The molecule has 2 aliphatic rings. The molecule has 10 heteroatoms. The molecule has 210 valence electrons. The Hall–Kier alpha value is -3.08. The number of carbonyl (C=O) groups excluding carboxylic acids is 2. The number of benzene rings is 2. The van der Waals surface area contributed by atoms with Crippen molar-refractivity contribution in [3.63, 3.8) is 0 Å². The molecule has 1 saturated heterocycles. The molecular weight excluding hydrogens is 521 g/mol. The molecule has 1 heterocycles. The number of hydrogen-bond acceptors (Lipinski definition) is 6. The first-order chi connectivity index (χ1) is 18.5. The molecule has 0 radical (unpaired) electrons. The molecular formula is C29H36FN3O5S. The SMILES string of the molecule is Cc1c(F)cccc1[C@@H]1[C@@H](C(=O)c2cccc(O)c2)CN(CCN(C)S(C)(=O)=O)C[C@H]1N(C=O)C1CC=CC1. The van der Waals surface area contributed by atoms with Crippen molar-refractivity contribution in [2.45, 2.75) is 37.8 Å². The van der Waals surface area contributed by atoms with E-state index in [2.05, 4.69) is 0 Å². The molecule has 2 aromatic rings. The molecule has 39 heavy (non-hydrogen) atoms. The first kappa shape index (κ1) is 28.9. The number of Topliss-reactive ketones (excluding diaryl/α,β-unsaturated/α-hetero) is 1. The van der Waals surface area contributed by atoms with E-state index in [-0.39, 0.29) is 29.9 Å². The van der Waals surface area contributed by atoms with E-state index in [4.69, 9.17) is 0 Å². The predicted molar refractivity (Wildman–Crippen MR) is 148 cm³/mol. The van der Waals surface area contributed by atoms with Crippen LogP contribution in [0.2, 0.25) is 0 Å². The van der Waals surface area contributed by atoms with Gasteiger partial charge in [-0.1, -0.05) is 36.4 Å². The lowest BCUT2D eigenvalue weighted by molar-refractivity contribution is -0.125. The summed E-state index contributed by atoms with van der Waals surface area (Å²) in [4.78, 5) is 30.5. The van der Waals surface area contributed by atoms with Crippen molar-refractivity contribution in [3.8, 4) is 5.75 Å². The van der Waals surface area contributed by atoms with Crippen LogP contribution in [0.15, 0.2) is 54.6 Å². The number of likely N-dealkylation sites (tertiary alicyclic amines) is 1. The lowest BCUT2D eigenvalue weighted by Crippen LogP contribution is -2.59. The van der Waals surface area contributed by atoms with Crippen LogP contribution in [0.5, 0.6) is 5.75 Å². The minimum atomic E-state index is -3.40. The Balaban J connectivity index is 1.80. The Morgan fingerprint density at radius 2 is 1.85 bits per heavy atom. The van der Waals surface area contributed by atoms with E-state index in [1.54, 1.807) is 30.0 Å². The first-order valence-electron chi connectivity index (χ1n) is 13.1. The highest BCUT2D eigenvalue weighted by molar-refractivity contribution is 7.88. The van der Waals surface area contributed by atoms with E-state index >= 15 is 0 Å². The van der Waals surface area contributed by atoms with Crippen molar-refractivity contribution in [3.05, 3.63) is 77.1 Å². The normalized spacial score (nSPS) is 22.3. The Bertz CT molecular complexity index is 1340. The van der Waals surface area contributed by atoms with Crippen molar-refractivity contribution >= 4 is 22.2 Å². The van der Waals surface area contributed by atoms with Crippen LogP contribution < -0.4 is 0 Å². The first-order valence-corrected chi connectivity index (χ1v) is 15.0. The summed E-state index contributed by atoms with van der Waals surface area (Å²) in [6.45, 7) is 2.95. The number of likely N-dealkylation sites (N-methyl/N-ethyl adjacent to an activating group) is 1. The van der Waals surface area contributed by atoms with Gasteiger partial charge in [-0.25, -0.2) is 17.1 Å². The van der Waals surface area contributed by atoms with Gasteiger partial charge in [0, 0.05) is 56.7 Å². The van der Waals surface area contributed by atoms with Crippen LogP contribution in [-0.4, -0.2) is 91.4 Å². The van der Waals surface area contributed by atoms with E-state index in [0.717, 1.165) is 12.7 Å². The Kier molecular flexibility index (Phi) is 8.88. The summed E-state index contributed by atoms with van der Waals surface area (Å²) in [5.74, 6) is -1.82. The number of sulfonamides is 1. The van der Waals surface area contributed by atoms with Gasteiger partial charge in [0.2, 0.25) is 16.4 Å². The van der Waals surface area contributed by atoms with Crippen molar-refractivity contribution in [1.29, 1.82) is 0 Å². The van der Waals surface area contributed by atoms with Gasteiger partial charge >= 0.3 is 0 Å². The number of nitrogens with zero attached hydrogens (tertiary/aromatic N) is 3. The highest BCUT2D eigenvalue weighted by Crippen LogP contribution is 2.41. The number of amides is 1. The Morgan fingerprint density at radius 1 is 1.15 bits per heavy atom. The van der Waals surface area contributed by atoms with Crippen LogP contribution >= 0.6 is 0 Å². The molecule has 2 aromatic carbocycles. The second kappa shape index (κ2) is 12.0. The molecule has 0 aromatic heterocycles. The summed E-state index contributed by atoms with van der Waals surface area (Å²) in [6.07, 6.45) is 7.40. The van der Waals surface area contributed by atoms with Crippen molar-refractivity contribution in [1.82, 2.24) is 14.1 Å². The smallest absolute Gasteiger partial charge is 0.210 e. The van der Waals surface area contributed by atoms with Crippen LogP contribution in [0.1, 0.15) is 40.2 Å². The fraction of sp³-hybridized carbons (Fsp3) is 0.448. The van der Waals surface area contributed by atoms with Crippen LogP contribution in [-0.2, 0) is 14.8 Å². The van der Waals surface area contributed by atoms with Gasteiger partial charge in [0.1, 0.15) is 11.6 Å². The number of halogens is 1. The average Bonchev–Trinajstić information content (AvgIpc) is 3.43. The third kappa shape index (κ3) is 6.40. The molecule has 1 amide bonds. The highest BCUT2D eigenvalue weighted by atomic mass is 32.2. The van der Waals surface area contributed by atoms with Gasteiger partial charge < -0.3 is 10.0 Å². The van der Waals surface area contributed by atoms with Gasteiger partial charge in [0.25, 0.3) is 0 Å². The monoisotopic (exact) mass is 557 g/mol. The molecule has 4 rings (SSSR count). The van der Waals surface area contributed by atoms with Crippen molar-refractivity contribution in [2.75, 3.05) is 39.5 Å². The topological polar surface area (TPSA) is 98.2 Å². The molecule has 0 spiro atoms. The number of hydrogen-bond donors (Lipinski definition) is 1. The van der Waals surface area contributed by atoms with Gasteiger partial charge in [-0.05, 0) is 49.1 Å². The zero-order chi connectivity index (χ0) is 28.3. The molecule has 1 fully saturated rings. The van der Waals surface area contributed by atoms with Crippen molar-refractivity contribution in [2.24, 2.45) is 5.92 Å². The van der Waals surface area contributed by atoms with E-state index in [1.807, 2.05) is 23.1 Å².